The average molecular weight is 495 g/mol. The number of nitrogens with zero attached hydrogens (tertiary/aromatic N) is 2. The SMILES string of the molecule is CC1(CO)CN=C(Cc2cc(F)c(Oc3ccnc4[nH]cc(C5(C(F)(F)F)CC5)c34)c(F)c2)OC1. The Morgan fingerprint density at radius 1 is 1.20 bits per heavy atom. The number of H-pyrrole nitrogens is 1. The molecule has 1 fully saturated rings. The molecule has 2 N–H and O–H groups in total. The van der Waals surface area contributed by atoms with Crippen molar-refractivity contribution in [2.45, 2.75) is 37.8 Å². The van der Waals surface area contributed by atoms with Crippen molar-refractivity contribution in [3.05, 3.63) is 53.4 Å². The van der Waals surface area contributed by atoms with E-state index in [1.807, 2.05) is 6.92 Å². The summed E-state index contributed by atoms with van der Waals surface area (Å²) < 4.78 is 82.1. The minimum absolute atomic E-state index is 0.0329. The molecule has 0 bridgehead atoms. The second-order valence-corrected chi connectivity index (χ2v) is 9.45. The van der Waals surface area contributed by atoms with Gasteiger partial charge in [0, 0.05) is 24.2 Å². The van der Waals surface area contributed by atoms with Crippen LogP contribution in [0.3, 0.4) is 0 Å². The number of aromatic nitrogens is 2. The number of halogens is 5. The quantitative estimate of drug-likeness (QED) is 0.461. The molecule has 1 saturated carbocycles. The van der Waals surface area contributed by atoms with Gasteiger partial charge in [0.15, 0.2) is 23.3 Å². The van der Waals surface area contributed by atoms with Gasteiger partial charge in [-0.25, -0.2) is 13.8 Å². The molecular formula is C24H22F5N3O3. The monoisotopic (exact) mass is 495 g/mol. The Labute approximate surface area is 196 Å². The number of aromatic amines is 1. The van der Waals surface area contributed by atoms with Gasteiger partial charge in [-0.05, 0) is 42.2 Å². The van der Waals surface area contributed by atoms with Crippen LogP contribution in [0.1, 0.15) is 30.9 Å². The van der Waals surface area contributed by atoms with Gasteiger partial charge in [-0.1, -0.05) is 6.92 Å². The molecule has 3 aromatic rings. The molecule has 2 aromatic heterocycles. The highest BCUT2D eigenvalue weighted by atomic mass is 19.4. The predicted octanol–water partition coefficient (Wildman–Crippen LogP) is 5.20. The molecule has 1 unspecified atom stereocenters. The Kier molecular flexibility index (Phi) is 5.50. The summed E-state index contributed by atoms with van der Waals surface area (Å²) in [6, 6.07) is 3.42. The molecule has 35 heavy (non-hydrogen) atoms. The number of aliphatic imine (C=N–C) groups is 1. The Hall–Kier alpha value is -3.21. The number of ether oxygens (including phenoxy) is 2. The molecule has 1 atom stereocenters. The zero-order valence-corrected chi connectivity index (χ0v) is 18.7. The number of benzene rings is 1. The van der Waals surface area contributed by atoms with Crippen LogP contribution in [0, 0.1) is 17.0 Å². The molecular weight excluding hydrogens is 473 g/mol. The van der Waals surface area contributed by atoms with Gasteiger partial charge in [-0.2, -0.15) is 13.2 Å². The Bertz CT molecular complexity index is 1290. The molecule has 0 saturated heterocycles. The minimum Gasteiger partial charge on any atom is -0.480 e. The van der Waals surface area contributed by atoms with Gasteiger partial charge < -0.3 is 19.6 Å². The summed E-state index contributed by atoms with van der Waals surface area (Å²) in [6.07, 6.45) is -2.10. The molecule has 6 nitrogen and oxygen atoms in total. The van der Waals surface area contributed by atoms with Gasteiger partial charge in [-0.3, -0.25) is 4.99 Å². The third-order valence-electron chi connectivity index (χ3n) is 6.58. The van der Waals surface area contributed by atoms with Crippen LogP contribution in [-0.2, 0) is 16.6 Å². The predicted molar refractivity (Wildman–Crippen MR) is 117 cm³/mol. The molecule has 5 rings (SSSR count). The van der Waals surface area contributed by atoms with Crippen molar-refractivity contribution < 1.29 is 36.5 Å². The van der Waals surface area contributed by atoms with Gasteiger partial charge in [0.1, 0.15) is 11.4 Å². The van der Waals surface area contributed by atoms with Crippen LogP contribution in [0.25, 0.3) is 11.0 Å². The van der Waals surface area contributed by atoms with Gasteiger partial charge in [0.05, 0.1) is 30.6 Å². The number of aliphatic hydroxyl groups is 1. The number of alkyl halides is 3. The molecule has 0 amide bonds. The molecule has 1 aliphatic heterocycles. The number of fused-ring (bicyclic) bond motifs is 1. The number of hydrogen-bond donors (Lipinski definition) is 2. The lowest BCUT2D eigenvalue weighted by Crippen LogP contribution is -2.36. The topological polar surface area (TPSA) is 79.7 Å². The van der Waals surface area contributed by atoms with Crippen molar-refractivity contribution in [2.75, 3.05) is 19.8 Å². The van der Waals surface area contributed by atoms with E-state index in [0.717, 1.165) is 12.1 Å². The normalized spacial score (nSPS) is 21.5. The molecule has 1 aliphatic carbocycles. The lowest BCUT2D eigenvalue weighted by Gasteiger charge is -2.30. The highest BCUT2D eigenvalue weighted by Gasteiger charge is 2.65. The van der Waals surface area contributed by atoms with Crippen LogP contribution in [0.2, 0.25) is 0 Å². The summed E-state index contributed by atoms with van der Waals surface area (Å²) in [5, 5.41) is 9.43. The fourth-order valence-electron chi connectivity index (χ4n) is 4.25. The first-order valence-corrected chi connectivity index (χ1v) is 11.0. The van der Waals surface area contributed by atoms with E-state index in [9.17, 15) is 27.1 Å². The molecule has 0 radical (unpaired) electrons. The summed E-state index contributed by atoms with van der Waals surface area (Å²) in [5.74, 6) is -2.61. The van der Waals surface area contributed by atoms with E-state index in [2.05, 4.69) is 15.0 Å². The number of nitrogens with one attached hydrogen (secondary N) is 1. The van der Waals surface area contributed by atoms with E-state index in [1.165, 1.54) is 18.5 Å². The third kappa shape index (κ3) is 4.11. The van der Waals surface area contributed by atoms with Crippen molar-refractivity contribution >= 4 is 16.9 Å². The van der Waals surface area contributed by atoms with Crippen molar-refractivity contribution in [1.82, 2.24) is 9.97 Å². The number of aliphatic hydroxyl groups excluding tert-OH is 1. The zero-order valence-electron chi connectivity index (χ0n) is 18.7. The summed E-state index contributed by atoms with van der Waals surface area (Å²) >= 11 is 0. The Balaban J connectivity index is 1.44. The maximum Gasteiger partial charge on any atom is 0.398 e. The van der Waals surface area contributed by atoms with Crippen LogP contribution in [0.4, 0.5) is 22.0 Å². The van der Waals surface area contributed by atoms with Crippen molar-refractivity contribution in [3.63, 3.8) is 0 Å². The second kappa shape index (κ2) is 8.18. The highest BCUT2D eigenvalue weighted by molar-refractivity contribution is 5.88. The van der Waals surface area contributed by atoms with Crippen molar-refractivity contribution in [2.24, 2.45) is 10.4 Å². The highest BCUT2D eigenvalue weighted by Crippen LogP contribution is 2.61. The first kappa shape index (κ1) is 23.5. The van der Waals surface area contributed by atoms with Crippen molar-refractivity contribution in [3.8, 4) is 11.5 Å². The number of hydrogen-bond acceptors (Lipinski definition) is 5. The minimum atomic E-state index is -4.48. The Morgan fingerprint density at radius 2 is 1.91 bits per heavy atom. The van der Waals surface area contributed by atoms with E-state index in [1.54, 1.807) is 0 Å². The smallest absolute Gasteiger partial charge is 0.398 e. The van der Waals surface area contributed by atoms with Gasteiger partial charge in [0.2, 0.25) is 0 Å². The van der Waals surface area contributed by atoms with Gasteiger partial charge in [0.25, 0.3) is 0 Å². The first-order chi connectivity index (χ1) is 16.6. The average Bonchev–Trinajstić information content (AvgIpc) is 3.51. The lowest BCUT2D eigenvalue weighted by atomic mass is 9.92. The van der Waals surface area contributed by atoms with Crippen LogP contribution >= 0.6 is 0 Å². The van der Waals surface area contributed by atoms with Gasteiger partial charge in [-0.15, -0.1) is 0 Å². The lowest BCUT2D eigenvalue weighted by molar-refractivity contribution is -0.160. The summed E-state index contributed by atoms with van der Waals surface area (Å²) in [7, 11) is 0. The van der Waals surface area contributed by atoms with Crippen molar-refractivity contribution in [1.29, 1.82) is 0 Å². The molecule has 3 heterocycles. The van der Waals surface area contributed by atoms with Crippen LogP contribution < -0.4 is 4.74 Å². The standard InChI is InChI=1S/C24H22F5N3O3/c1-22(11-33)10-32-18(34-12-22)8-13-6-15(25)20(16(26)7-13)35-17-2-5-30-21-19(17)14(9-31-21)23(3-4-23)24(27,28)29/h2,5-7,9,33H,3-4,8,10-12H2,1H3,(H,30,31). The maximum atomic E-state index is 14.9. The van der Waals surface area contributed by atoms with Crippen LogP contribution in [0.15, 0.2) is 35.6 Å². The second-order valence-electron chi connectivity index (χ2n) is 9.45. The van der Waals surface area contributed by atoms with Gasteiger partial charge >= 0.3 is 6.18 Å². The summed E-state index contributed by atoms with van der Waals surface area (Å²) in [6.45, 7) is 2.26. The molecule has 1 aromatic carbocycles. The van der Waals surface area contributed by atoms with E-state index in [4.69, 9.17) is 9.47 Å². The fourth-order valence-corrected chi connectivity index (χ4v) is 4.25. The zero-order chi connectivity index (χ0) is 25.0. The first-order valence-electron chi connectivity index (χ1n) is 11.0. The Morgan fingerprint density at radius 3 is 2.49 bits per heavy atom. The largest absolute Gasteiger partial charge is 0.480 e. The fraction of sp³-hybridized carbons (Fsp3) is 0.417. The molecule has 186 valence electrons. The third-order valence-corrected chi connectivity index (χ3v) is 6.58. The van der Waals surface area contributed by atoms with E-state index in [-0.39, 0.29) is 66.3 Å². The number of rotatable bonds is 6. The molecule has 0 spiro atoms. The van der Waals surface area contributed by atoms with Crippen LogP contribution in [0.5, 0.6) is 11.5 Å². The van der Waals surface area contributed by atoms with Crippen LogP contribution in [-0.4, -0.2) is 46.9 Å². The molecule has 11 heteroatoms. The summed E-state index contributed by atoms with van der Waals surface area (Å²) in [4.78, 5) is 11.0. The number of pyridine rings is 1. The summed E-state index contributed by atoms with van der Waals surface area (Å²) in [5.41, 5.74) is -2.21. The van der Waals surface area contributed by atoms with E-state index >= 15 is 0 Å². The van der Waals surface area contributed by atoms with E-state index in [0.29, 0.717) is 6.54 Å². The van der Waals surface area contributed by atoms with E-state index < -0.39 is 34.4 Å². The molecule has 2 aliphatic rings. The maximum absolute atomic E-state index is 14.9.